The maximum Gasteiger partial charge on any atom is 0.379 e. The first-order valence-electron chi connectivity index (χ1n) is 16.7. The molecule has 46 heavy (non-hydrogen) atoms. The summed E-state index contributed by atoms with van der Waals surface area (Å²) in [5, 5.41) is 0. The van der Waals surface area contributed by atoms with E-state index in [2.05, 4.69) is 6.92 Å². The fraction of sp³-hybridized carbons (Fsp3) is 0.765. The number of unbranched alkanes of at least 4 members (excludes halogenated alkanes) is 5. The van der Waals surface area contributed by atoms with Crippen molar-refractivity contribution in [2.45, 2.75) is 45.4 Å². The van der Waals surface area contributed by atoms with E-state index < -0.39 is 11.8 Å². The molecule has 0 spiro atoms. The van der Waals surface area contributed by atoms with Gasteiger partial charge in [0.05, 0.1) is 112 Å². The number of hydrogen-bond donors (Lipinski definition) is 0. The number of ketones is 1. The van der Waals surface area contributed by atoms with Gasteiger partial charge in [-0.25, -0.2) is 4.79 Å². The second-order valence-corrected chi connectivity index (χ2v) is 10.1. The molecule has 0 N–H and O–H groups in total. The highest BCUT2D eigenvalue weighted by atomic mass is 16.6. The van der Waals surface area contributed by atoms with Crippen molar-refractivity contribution in [1.29, 1.82) is 0 Å². The summed E-state index contributed by atoms with van der Waals surface area (Å²) in [7, 11) is 0. The zero-order chi connectivity index (χ0) is 33.0. The molecule has 0 radical (unpaired) electrons. The monoisotopic (exact) mass is 658 g/mol. The van der Waals surface area contributed by atoms with Gasteiger partial charge < -0.3 is 47.4 Å². The number of ether oxygens (including phenoxy) is 10. The Bertz CT molecular complexity index is 796. The lowest BCUT2D eigenvalue weighted by Gasteiger charge is -2.09. The molecule has 0 fully saturated rings. The van der Waals surface area contributed by atoms with E-state index in [9.17, 15) is 9.59 Å². The fourth-order valence-corrected chi connectivity index (χ4v) is 3.81. The van der Waals surface area contributed by atoms with Crippen LogP contribution in [0.4, 0.5) is 0 Å². The number of carbonyl (C=O) groups is 2. The molecule has 0 atom stereocenters. The molecule has 1 rings (SSSR count). The van der Waals surface area contributed by atoms with Crippen LogP contribution >= 0.6 is 0 Å². The third-order valence-corrected chi connectivity index (χ3v) is 6.30. The predicted octanol–water partition coefficient (Wildman–Crippen LogP) is 3.92. The van der Waals surface area contributed by atoms with Gasteiger partial charge in [-0.1, -0.05) is 69.4 Å². The van der Waals surface area contributed by atoms with E-state index in [1.807, 2.05) is 0 Å². The van der Waals surface area contributed by atoms with Crippen LogP contribution in [-0.4, -0.2) is 137 Å². The van der Waals surface area contributed by atoms with Crippen molar-refractivity contribution in [1.82, 2.24) is 0 Å². The molecule has 0 bridgehead atoms. The molecule has 0 saturated carbocycles. The SMILES string of the molecule is CCCCCCCCOCCOCCOCCOCCOCCOCCOCCOCCOCCOC(=O)C(=O)c1ccccc1. The van der Waals surface area contributed by atoms with Crippen LogP contribution in [0.15, 0.2) is 30.3 Å². The molecule has 0 aliphatic rings. The second-order valence-electron chi connectivity index (χ2n) is 10.1. The molecule has 1 aromatic rings. The summed E-state index contributed by atoms with van der Waals surface area (Å²) in [4.78, 5) is 23.6. The summed E-state index contributed by atoms with van der Waals surface area (Å²) in [5.74, 6) is -1.56. The van der Waals surface area contributed by atoms with Crippen molar-refractivity contribution in [3.05, 3.63) is 35.9 Å². The van der Waals surface area contributed by atoms with Gasteiger partial charge in [-0.2, -0.15) is 0 Å². The predicted molar refractivity (Wildman–Crippen MR) is 172 cm³/mol. The zero-order valence-electron chi connectivity index (χ0n) is 28.0. The van der Waals surface area contributed by atoms with Crippen LogP contribution in [0, 0.1) is 0 Å². The van der Waals surface area contributed by atoms with Crippen molar-refractivity contribution in [3.8, 4) is 0 Å². The Morgan fingerprint density at radius 1 is 0.413 bits per heavy atom. The van der Waals surface area contributed by atoms with E-state index in [0.717, 1.165) is 13.0 Å². The number of carbonyl (C=O) groups excluding carboxylic acids is 2. The molecule has 0 aliphatic carbocycles. The van der Waals surface area contributed by atoms with E-state index in [4.69, 9.17) is 47.4 Å². The largest absolute Gasteiger partial charge is 0.457 e. The molecule has 12 heteroatoms. The molecular formula is C34H58O12. The standard InChI is InChI=1S/C34H58O12/c1-2-3-4-5-6-10-13-37-14-15-38-16-17-39-18-19-40-20-21-41-22-23-42-24-25-43-26-27-44-28-29-45-30-31-46-34(36)33(35)32-11-8-7-9-12-32/h7-9,11-12H,2-6,10,13-31H2,1H3. The van der Waals surface area contributed by atoms with Crippen molar-refractivity contribution >= 4 is 11.8 Å². The molecule has 12 nitrogen and oxygen atoms in total. The Kier molecular flexibility index (Phi) is 31.4. The molecule has 0 heterocycles. The Labute approximate surface area is 275 Å². The van der Waals surface area contributed by atoms with Crippen molar-refractivity contribution in [2.24, 2.45) is 0 Å². The smallest absolute Gasteiger partial charge is 0.379 e. The lowest BCUT2D eigenvalue weighted by atomic mass is 10.1. The summed E-state index contributed by atoms with van der Waals surface area (Å²) in [6.45, 7) is 11.2. The molecular weight excluding hydrogens is 600 g/mol. The first-order valence-corrected chi connectivity index (χ1v) is 16.7. The fourth-order valence-electron chi connectivity index (χ4n) is 3.81. The van der Waals surface area contributed by atoms with E-state index in [1.54, 1.807) is 30.3 Å². The molecule has 0 unspecified atom stereocenters. The van der Waals surface area contributed by atoms with Gasteiger partial charge in [0.25, 0.3) is 5.78 Å². The maximum absolute atomic E-state index is 11.9. The van der Waals surface area contributed by atoms with Crippen molar-refractivity contribution in [2.75, 3.05) is 126 Å². The average molecular weight is 659 g/mol. The summed E-state index contributed by atoms with van der Waals surface area (Å²) >= 11 is 0. The quantitative estimate of drug-likeness (QED) is 0.0449. The molecule has 266 valence electrons. The maximum atomic E-state index is 11.9. The van der Waals surface area contributed by atoms with E-state index in [1.165, 1.54) is 32.1 Å². The average Bonchev–Trinajstić information content (AvgIpc) is 3.08. The lowest BCUT2D eigenvalue weighted by molar-refractivity contribution is -0.139. The van der Waals surface area contributed by atoms with Gasteiger partial charge in [-0.15, -0.1) is 0 Å². The highest BCUT2D eigenvalue weighted by molar-refractivity contribution is 6.40. The Morgan fingerprint density at radius 2 is 0.739 bits per heavy atom. The Morgan fingerprint density at radius 3 is 1.13 bits per heavy atom. The van der Waals surface area contributed by atoms with Crippen LogP contribution in [0.5, 0.6) is 0 Å². The van der Waals surface area contributed by atoms with Crippen molar-refractivity contribution in [3.63, 3.8) is 0 Å². The molecule has 0 aromatic heterocycles. The van der Waals surface area contributed by atoms with Crippen LogP contribution in [-0.2, 0) is 52.2 Å². The number of rotatable bonds is 36. The number of hydrogen-bond acceptors (Lipinski definition) is 12. The normalized spacial score (nSPS) is 11.2. The van der Waals surface area contributed by atoms with E-state index in [0.29, 0.717) is 111 Å². The minimum absolute atomic E-state index is 0.00207. The Hall–Kier alpha value is -2.00. The Balaban J connectivity index is 1.66. The van der Waals surface area contributed by atoms with Gasteiger partial charge >= 0.3 is 5.97 Å². The van der Waals surface area contributed by atoms with Gasteiger partial charge in [0, 0.05) is 12.2 Å². The number of esters is 1. The first-order chi connectivity index (χ1) is 22.8. The van der Waals surface area contributed by atoms with Crippen LogP contribution in [0.1, 0.15) is 55.8 Å². The third-order valence-electron chi connectivity index (χ3n) is 6.30. The summed E-state index contributed by atoms with van der Waals surface area (Å²) in [6.07, 6.45) is 7.64. The topological polar surface area (TPSA) is 126 Å². The molecule has 1 aromatic carbocycles. The zero-order valence-corrected chi connectivity index (χ0v) is 28.0. The minimum Gasteiger partial charge on any atom is -0.457 e. The van der Waals surface area contributed by atoms with E-state index in [-0.39, 0.29) is 13.2 Å². The van der Waals surface area contributed by atoms with Gasteiger partial charge in [0.2, 0.25) is 0 Å². The summed E-state index contributed by atoms with van der Waals surface area (Å²) in [6, 6.07) is 8.27. The number of Topliss-reactive ketones (excluding diaryl/α,β-unsaturated/α-hetero) is 1. The molecule has 0 amide bonds. The van der Waals surface area contributed by atoms with Gasteiger partial charge in [0.1, 0.15) is 6.61 Å². The van der Waals surface area contributed by atoms with Crippen LogP contribution in [0.25, 0.3) is 0 Å². The summed E-state index contributed by atoms with van der Waals surface area (Å²) < 4.78 is 54.1. The minimum atomic E-state index is -0.893. The van der Waals surface area contributed by atoms with E-state index >= 15 is 0 Å². The van der Waals surface area contributed by atoms with Crippen LogP contribution in [0.3, 0.4) is 0 Å². The second kappa shape index (κ2) is 34.3. The number of benzene rings is 1. The van der Waals surface area contributed by atoms with Crippen molar-refractivity contribution < 1.29 is 57.0 Å². The highest BCUT2D eigenvalue weighted by Gasteiger charge is 2.17. The van der Waals surface area contributed by atoms with Gasteiger partial charge in [0.15, 0.2) is 0 Å². The van der Waals surface area contributed by atoms with Crippen LogP contribution < -0.4 is 0 Å². The summed E-state index contributed by atoms with van der Waals surface area (Å²) in [5.41, 5.74) is 0.299. The third kappa shape index (κ3) is 28.2. The highest BCUT2D eigenvalue weighted by Crippen LogP contribution is 2.05. The molecule has 0 saturated heterocycles. The van der Waals surface area contributed by atoms with Gasteiger partial charge in [-0.3, -0.25) is 4.79 Å². The first kappa shape index (κ1) is 42.0. The lowest BCUT2D eigenvalue weighted by Crippen LogP contribution is -2.20. The molecule has 0 aliphatic heterocycles. The van der Waals surface area contributed by atoms with Crippen LogP contribution in [0.2, 0.25) is 0 Å². The van der Waals surface area contributed by atoms with Gasteiger partial charge in [-0.05, 0) is 6.42 Å².